The van der Waals surface area contributed by atoms with Gasteiger partial charge in [-0.3, -0.25) is 4.79 Å². The predicted molar refractivity (Wildman–Crippen MR) is 77.2 cm³/mol. The van der Waals surface area contributed by atoms with Crippen LogP contribution in [-0.4, -0.2) is 18.4 Å². The van der Waals surface area contributed by atoms with Gasteiger partial charge in [0.25, 0.3) is 0 Å². The van der Waals surface area contributed by atoms with Crippen LogP contribution >= 0.6 is 11.6 Å². The maximum absolute atomic E-state index is 11.7. The van der Waals surface area contributed by atoms with Gasteiger partial charge in [0, 0.05) is 17.6 Å². The number of rotatable bonds is 7. The largest absolute Gasteiger partial charge is 0.313 e. The zero-order valence-corrected chi connectivity index (χ0v) is 12.1. The summed E-state index contributed by atoms with van der Waals surface area (Å²) in [7, 11) is 0. The lowest BCUT2D eigenvalue weighted by atomic mass is 9.95. The third-order valence-electron chi connectivity index (χ3n) is 3.36. The lowest BCUT2D eigenvalue weighted by Crippen LogP contribution is -2.33. The summed E-state index contributed by atoms with van der Waals surface area (Å²) in [4.78, 5) is 11.7. The number of Topliss-reactive ketones (excluding diaryl/α,β-unsaturated/α-hetero) is 1. The predicted octanol–water partition coefficient (Wildman–Crippen LogP) is 3.79. The summed E-state index contributed by atoms with van der Waals surface area (Å²) in [6, 6.07) is 8.03. The van der Waals surface area contributed by atoms with E-state index in [1.807, 2.05) is 24.3 Å². The molecule has 1 N–H and O–H groups in total. The molecule has 1 unspecified atom stereocenters. The molecule has 0 aliphatic rings. The highest BCUT2D eigenvalue weighted by atomic mass is 35.5. The lowest BCUT2D eigenvalue weighted by Gasteiger charge is -2.20. The maximum Gasteiger partial charge on any atom is 0.138 e. The highest BCUT2D eigenvalue weighted by Gasteiger charge is 2.17. The van der Waals surface area contributed by atoms with Crippen molar-refractivity contribution in [3.05, 3.63) is 34.9 Å². The van der Waals surface area contributed by atoms with E-state index >= 15 is 0 Å². The third kappa shape index (κ3) is 4.43. The normalized spacial score (nSPS) is 12.7. The molecule has 0 saturated heterocycles. The quantitative estimate of drug-likeness (QED) is 0.814. The van der Waals surface area contributed by atoms with Crippen LogP contribution in [0.3, 0.4) is 0 Å². The van der Waals surface area contributed by atoms with Crippen LogP contribution in [0.1, 0.15) is 45.1 Å². The summed E-state index contributed by atoms with van der Waals surface area (Å²) < 4.78 is 0. The van der Waals surface area contributed by atoms with Gasteiger partial charge in [-0.1, -0.05) is 37.6 Å². The van der Waals surface area contributed by atoms with Gasteiger partial charge < -0.3 is 5.32 Å². The third-order valence-corrected chi connectivity index (χ3v) is 3.61. The maximum atomic E-state index is 11.7. The summed E-state index contributed by atoms with van der Waals surface area (Å²) >= 11 is 5.87. The van der Waals surface area contributed by atoms with Gasteiger partial charge in [-0.15, -0.1) is 0 Å². The molecule has 3 heteroatoms. The van der Waals surface area contributed by atoms with E-state index in [9.17, 15) is 4.79 Å². The van der Waals surface area contributed by atoms with Gasteiger partial charge in [0.2, 0.25) is 0 Å². The van der Waals surface area contributed by atoms with Crippen molar-refractivity contribution >= 4 is 17.4 Å². The van der Waals surface area contributed by atoms with Crippen molar-refractivity contribution in [2.45, 2.75) is 45.6 Å². The molecular weight excluding hydrogens is 246 g/mol. The van der Waals surface area contributed by atoms with E-state index in [1.165, 1.54) is 0 Å². The minimum absolute atomic E-state index is 0.0807. The summed E-state index contributed by atoms with van der Waals surface area (Å²) in [6.45, 7) is 6.66. The smallest absolute Gasteiger partial charge is 0.138 e. The van der Waals surface area contributed by atoms with Crippen molar-refractivity contribution in [2.75, 3.05) is 6.54 Å². The SMILES string of the molecule is CCC(CC)NCC(C(C)=O)c1ccc(Cl)cc1. The molecule has 0 aromatic heterocycles. The van der Waals surface area contributed by atoms with Gasteiger partial charge >= 0.3 is 0 Å². The Labute approximate surface area is 115 Å². The second-order valence-electron chi connectivity index (χ2n) is 4.64. The van der Waals surface area contributed by atoms with E-state index in [1.54, 1.807) is 6.92 Å². The first-order valence-corrected chi connectivity index (χ1v) is 6.95. The van der Waals surface area contributed by atoms with Crippen molar-refractivity contribution in [3.8, 4) is 0 Å². The number of nitrogens with one attached hydrogen (secondary N) is 1. The number of hydrogen-bond donors (Lipinski definition) is 1. The van der Waals surface area contributed by atoms with E-state index in [0.717, 1.165) is 18.4 Å². The molecule has 18 heavy (non-hydrogen) atoms. The molecule has 0 amide bonds. The van der Waals surface area contributed by atoms with Crippen molar-refractivity contribution in [2.24, 2.45) is 0 Å². The van der Waals surface area contributed by atoms with Crippen LogP contribution in [0.4, 0.5) is 0 Å². The molecule has 1 rings (SSSR count). The van der Waals surface area contributed by atoms with E-state index in [4.69, 9.17) is 11.6 Å². The van der Waals surface area contributed by atoms with Crippen LogP contribution in [0, 0.1) is 0 Å². The molecule has 0 saturated carbocycles. The van der Waals surface area contributed by atoms with Crippen LogP contribution < -0.4 is 5.32 Å². The standard InChI is InChI=1S/C15H22ClNO/c1-4-14(5-2)17-10-15(11(3)18)12-6-8-13(16)9-7-12/h6-9,14-15,17H,4-5,10H2,1-3H3. The molecule has 0 bridgehead atoms. The second kappa shape index (κ2) is 7.55. The van der Waals surface area contributed by atoms with E-state index in [2.05, 4.69) is 19.2 Å². The van der Waals surface area contributed by atoms with Crippen LogP contribution in [-0.2, 0) is 4.79 Å². The first kappa shape index (κ1) is 15.2. The highest BCUT2D eigenvalue weighted by molar-refractivity contribution is 6.30. The average Bonchev–Trinajstić information content (AvgIpc) is 2.36. The molecule has 1 atom stereocenters. The van der Waals surface area contributed by atoms with Gasteiger partial charge in [-0.2, -0.15) is 0 Å². The van der Waals surface area contributed by atoms with E-state index in [-0.39, 0.29) is 11.7 Å². The topological polar surface area (TPSA) is 29.1 Å². The number of carbonyl (C=O) groups excluding carboxylic acids is 1. The van der Waals surface area contributed by atoms with Crippen LogP contribution in [0.5, 0.6) is 0 Å². The number of carbonyl (C=O) groups is 1. The van der Waals surface area contributed by atoms with E-state index < -0.39 is 0 Å². The summed E-state index contributed by atoms with van der Waals surface area (Å²) in [5, 5.41) is 4.16. The molecule has 1 aromatic rings. The van der Waals surface area contributed by atoms with Crippen LogP contribution in [0.2, 0.25) is 5.02 Å². The monoisotopic (exact) mass is 267 g/mol. The zero-order valence-electron chi connectivity index (χ0n) is 11.4. The Balaban J connectivity index is 2.71. The van der Waals surface area contributed by atoms with Crippen molar-refractivity contribution < 1.29 is 4.79 Å². The minimum atomic E-state index is -0.0807. The second-order valence-corrected chi connectivity index (χ2v) is 5.07. The fourth-order valence-electron chi connectivity index (χ4n) is 2.05. The Hall–Kier alpha value is -0.860. The molecule has 2 nitrogen and oxygen atoms in total. The Morgan fingerprint density at radius 1 is 1.22 bits per heavy atom. The fourth-order valence-corrected chi connectivity index (χ4v) is 2.18. The molecule has 0 aliphatic heterocycles. The Morgan fingerprint density at radius 2 is 1.78 bits per heavy atom. The molecule has 0 fully saturated rings. The van der Waals surface area contributed by atoms with Gasteiger partial charge in [0.1, 0.15) is 5.78 Å². The summed E-state index contributed by atoms with van der Waals surface area (Å²) in [6.07, 6.45) is 2.17. The molecule has 0 spiro atoms. The number of hydrogen-bond acceptors (Lipinski definition) is 2. The molecule has 1 aromatic carbocycles. The van der Waals surface area contributed by atoms with Gasteiger partial charge in [0.05, 0.1) is 5.92 Å². The molecule has 0 aliphatic carbocycles. The van der Waals surface area contributed by atoms with Crippen LogP contribution in [0.25, 0.3) is 0 Å². The number of benzene rings is 1. The Morgan fingerprint density at radius 3 is 2.22 bits per heavy atom. The molecule has 0 radical (unpaired) electrons. The summed E-state index contributed by atoms with van der Waals surface area (Å²) in [5.41, 5.74) is 1.03. The van der Waals surface area contributed by atoms with Gasteiger partial charge in [-0.25, -0.2) is 0 Å². The minimum Gasteiger partial charge on any atom is -0.313 e. The molecule has 100 valence electrons. The lowest BCUT2D eigenvalue weighted by molar-refractivity contribution is -0.118. The van der Waals surface area contributed by atoms with Gasteiger partial charge in [0.15, 0.2) is 0 Å². The first-order chi connectivity index (χ1) is 8.58. The van der Waals surface area contributed by atoms with E-state index in [0.29, 0.717) is 17.6 Å². The number of ketones is 1. The van der Waals surface area contributed by atoms with Crippen LogP contribution in [0.15, 0.2) is 24.3 Å². The molecular formula is C15H22ClNO. The highest BCUT2D eigenvalue weighted by Crippen LogP contribution is 2.19. The van der Waals surface area contributed by atoms with Crippen molar-refractivity contribution in [1.82, 2.24) is 5.32 Å². The van der Waals surface area contributed by atoms with Crippen molar-refractivity contribution in [3.63, 3.8) is 0 Å². The fraction of sp³-hybridized carbons (Fsp3) is 0.533. The number of halogens is 1. The Bertz CT molecular complexity index is 371. The van der Waals surface area contributed by atoms with Crippen molar-refractivity contribution in [1.29, 1.82) is 0 Å². The zero-order chi connectivity index (χ0) is 13.5. The Kier molecular flexibility index (Phi) is 6.37. The first-order valence-electron chi connectivity index (χ1n) is 6.57. The average molecular weight is 268 g/mol. The summed E-state index contributed by atoms with van der Waals surface area (Å²) in [5.74, 6) is 0.110. The molecule has 0 heterocycles. The van der Waals surface area contributed by atoms with Gasteiger partial charge in [-0.05, 0) is 37.5 Å².